The monoisotopic (exact) mass is 154 g/mol. The summed E-state index contributed by atoms with van der Waals surface area (Å²) in [7, 11) is 0. The Balaban J connectivity index is 1.92. The van der Waals surface area contributed by atoms with Crippen LogP contribution in [-0.4, -0.2) is 11.7 Å². The van der Waals surface area contributed by atoms with Crippen LogP contribution in [0.4, 0.5) is 0 Å². The summed E-state index contributed by atoms with van der Waals surface area (Å²) in [5.41, 5.74) is 0. The second-order valence-electron chi connectivity index (χ2n) is 4.20. The average molecular weight is 154 g/mol. The topological polar surface area (TPSA) is 20.2 Å². The van der Waals surface area contributed by atoms with Gasteiger partial charge in [0.05, 0.1) is 0 Å². The van der Waals surface area contributed by atoms with E-state index in [1.807, 2.05) is 0 Å². The van der Waals surface area contributed by atoms with Gasteiger partial charge in [-0.15, -0.1) is 0 Å². The summed E-state index contributed by atoms with van der Waals surface area (Å²) in [5, 5.41) is 8.85. The van der Waals surface area contributed by atoms with Crippen molar-refractivity contribution in [1.29, 1.82) is 0 Å². The van der Waals surface area contributed by atoms with Gasteiger partial charge in [0.1, 0.15) is 0 Å². The zero-order chi connectivity index (χ0) is 7.68. The lowest BCUT2D eigenvalue weighted by atomic mass is 9.90. The fourth-order valence-corrected chi connectivity index (χ4v) is 3.21. The van der Waals surface area contributed by atoms with Crippen LogP contribution in [0.5, 0.6) is 0 Å². The van der Waals surface area contributed by atoms with E-state index in [9.17, 15) is 0 Å². The number of hydrogen-bond donors (Lipinski definition) is 1. The van der Waals surface area contributed by atoms with E-state index in [1.165, 1.54) is 32.1 Å². The van der Waals surface area contributed by atoms with E-state index in [-0.39, 0.29) is 0 Å². The molecule has 1 heteroatoms. The Bertz CT molecular complexity index is 131. The van der Waals surface area contributed by atoms with Gasteiger partial charge in [-0.2, -0.15) is 0 Å². The summed E-state index contributed by atoms with van der Waals surface area (Å²) < 4.78 is 0. The van der Waals surface area contributed by atoms with E-state index >= 15 is 0 Å². The highest BCUT2D eigenvalue weighted by atomic mass is 16.3. The summed E-state index contributed by atoms with van der Waals surface area (Å²) in [5.74, 6) is 2.93. The zero-order valence-corrected chi connectivity index (χ0v) is 7.13. The highest BCUT2D eigenvalue weighted by Gasteiger charge is 2.38. The molecule has 64 valence electrons. The number of fused-ring (bicyclic) bond motifs is 1. The van der Waals surface area contributed by atoms with Gasteiger partial charge >= 0.3 is 0 Å². The first kappa shape index (κ1) is 7.60. The van der Waals surface area contributed by atoms with Crippen molar-refractivity contribution in [2.45, 2.75) is 38.5 Å². The molecule has 1 N–H and O–H groups in total. The van der Waals surface area contributed by atoms with Crippen molar-refractivity contribution >= 4 is 0 Å². The van der Waals surface area contributed by atoms with Gasteiger partial charge in [0.2, 0.25) is 0 Å². The molecule has 0 spiro atoms. The van der Waals surface area contributed by atoms with Gasteiger partial charge in [-0.05, 0) is 43.4 Å². The minimum Gasteiger partial charge on any atom is -0.396 e. The van der Waals surface area contributed by atoms with Gasteiger partial charge in [-0.3, -0.25) is 0 Å². The molecule has 0 aromatic rings. The molecular weight excluding hydrogens is 136 g/mol. The lowest BCUT2D eigenvalue weighted by Crippen LogP contribution is -2.10. The third-order valence-electron chi connectivity index (χ3n) is 3.73. The Morgan fingerprint density at radius 3 is 2.82 bits per heavy atom. The van der Waals surface area contributed by atoms with E-state index < -0.39 is 0 Å². The Morgan fingerprint density at radius 1 is 1.09 bits per heavy atom. The SMILES string of the molecule is OCCC1CCC2CCCC12. The second-order valence-corrected chi connectivity index (χ2v) is 4.20. The molecule has 11 heavy (non-hydrogen) atoms. The van der Waals surface area contributed by atoms with Crippen LogP contribution in [0.3, 0.4) is 0 Å². The number of aliphatic hydroxyl groups excluding tert-OH is 1. The van der Waals surface area contributed by atoms with Gasteiger partial charge in [-0.1, -0.05) is 12.8 Å². The van der Waals surface area contributed by atoms with Crippen LogP contribution >= 0.6 is 0 Å². The molecule has 3 unspecified atom stereocenters. The Kier molecular flexibility index (Phi) is 2.17. The number of aliphatic hydroxyl groups is 1. The Labute approximate surface area is 68.8 Å². The van der Waals surface area contributed by atoms with Gasteiger partial charge in [0, 0.05) is 6.61 Å². The smallest absolute Gasteiger partial charge is 0.0433 e. The van der Waals surface area contributed by atoms with Crippen LogP contribution in [0.2, 0.25) is 0 Å². The van der Waals surface area contributed by atoms with Crippen molar-refractivity contribution < 1.29 is 5.11 Å². The maximum absolute atomic E-state index is 8.85. The van der Waals surface area contributed by atoms with Crippen LogP contribution in [-0.2, 0) is 0 Å². The fourth-order valence-electron chi connectivity index (χ4n) is 3.21. The molecule has 2 fully saturated rings. The molecule has 2 rings (SSSR count). The quantitative estimate of drug-likeness (QED) is 0.646. The average Bonchev–Trinajstić information content (AvgIpc) is 2.53. The van der Waals surface area contributed by atoms with E-state index in [4.69, 9.17) is 5.11 Å². The van der Waals surface area contributed by atoms with E-state index in [0.29, 0.717) is 6.61 Å². The molecule has 0 aromatic carbocycles. The van der Waals surface area contributed by atoms with E-state index in [0.717, 1.165) is 24.2 Å². The number of rotatable bonds is 2. The predicted molar refractivity (Wildman–Crippen MR) is 45.3 cm³/mol. The lowest BCUT2D eigenvalue weighted by Gasteiger charge is -2.16. The van der Waals surface area contributed by atoms with Crippen molar-refractivity contribution in [3.8, 4) is 0 Å². The van der Waals surface area contributed by atoms with E-state index in [2.05, 4.69) is 0 Å². The van der Waals surface area contributed by atoms with Crippen molar-refractivity contribution in [2.24, 2.45) is 17.8 Å². The molecule has 0 saturated heterocycles. The van der Waals surface area contributed by atoms with Crippen molar-refractivity contribution in [3.05, 3.63) is 0 Å². The first-order valence-electron chi connectivity index (χ1n) is 5.02. The highest BCUT2D eigenvalue weighted by Crippen LogP contribution is 2.48. The summed E-state index contributed by atoms with van der Waals surface area (Å²) in [6.07, 6.45) is 8.31. The van der Waals surface area contributed by atoms with Crippen LogP contribution in [0.25, 0.3) is 0 Å². The maximum atomic E-state index is 8.85. The first-order chi connectivity index (χ1) is 5.42. The molecule has 2 aliphatic rings. The Morgan fingerprint density at radius 2 is 2.00 bits per heavy atom. The van der Waals surface area contributed by atoms with Crippen LogP contribution in [0.1, 0.15) is 38.5 Å². The standard InChI is InChI=1S/C10H18O/c11-7-6-9-5-4-8-2-1-3-10(8)9/h8-11H,1-7H2. The molecular formula is C10H18O. The van der Waals surface area contributed by atoms with Crippen molar-refractivity contribution in [2.75, 3.05) is 6.61 Å². The molecule has 0 amide bonds. The molecule has 3 atom stereocenters. The molecule has 2 aliphatic carbocycles. The van der Waals surface area contributed by atoms with Crippen LogP contribution in [0, 0.1) is 17.8 Å². The summed E-state index contributed by atoms with van der Waals surface area (Å²) in [6.45, 7) is 0.411. The highest BCUT2D eigenvalue weighted by molar-refractivity contribution is 4.88. The molecule has 0 aliphatic heterocycles. The summed E-state index contributed by atoms with van der Waals surface area (Å²) in [4.78, 5) is 0. The molecule has 0 radical (unpaired) electrons. The van der Waals surface area contributed by atoms with Gasteiger partial charge < -0.3 is 5.11 Å². The van der Waals surface area contributed by atoms with Crippen molar-refractivity contribution in [1.82, 2.24) is 0 Å². The molecule has 0 heterocycles. The zero-order valence-electron chi connectivity index (χ0n) is 7.13. The fraction of sp³-hybridized carbons (Fsp3) is 1.00. The third-order valence-corrected chi connectivity index (χ3v) is 3.73. The minimum absolute atomic E-state index is 0.411. The molecule has 1 nitrogen and oxygen atoms in total. The summed E-state index contributed by atoms with van der Waals surface area (Å²) in [6, 6.07) is 0. The first-order valence-corrected chi connectivity index (χ1v) is 5.02. The Hall–Kier alpha value is -0.0400. The summed E-state index contributed by atoms with van der Waals surface area (Å²) >= 11 is 0. The molecule has 0 bridgehead atoms. The van der Waals surface area contributed by atoms with E-state index in [1.54, 1.807) is 0 Å². The number of hydrogen-bond acceptors (Lipinski definition) is 1. The molecule has 0 aromatic heterocycles. The van der Waals surface area contributed by atoms with Gasteiger partial charge in [0.25, 0.3) is 0 Å². The third kappa shape index (κ3) is 1.31. The maximum Gasteiger partial charge on any atom is 0.0433 e. The van der Waals surface area contributed by atoms with Gasteiger partial charge in [0.15, 0.2) is 0 Å². The predicted octanol–water partition coefficient (Wildman–Crippen LogP) is 2.20. The lowest BCUT2D eigenvalue weighted by molar-refractivity contribution is 0.228. The largest absolute Gasteiger partial charge is 0.396 e. The van der Waals surface area contributed by atoms with Crippen molar-refractivity contribution in [3.63, 3.8) is 0 Å². The minimum atomic E-state index is 0.411. The normalized spacial score (nSPS) is 42.8. The van der Waals surface area contributed by atoms with Crippen LogP contribution in [0.15, 0.2) is 0 Å². The van der Waals surface area contributed by atoms with Gasteiger partial charge in [-0.25, -0.2) is 0 Å². The van der Waals surface area contributed by atoms with Crippen LogP contribution < -0.4 is 0 Å². The molecule has 2 saturated carbocycles. The second kappa shape index (κ2) is 3.14.